The first-order valence-corrected chi connectivity index (χ1v) is 15.6. The third kappa shape index (κ3) is 3.96. The van der Waals surface area contributed by atoms with Crippen molar-refractivity contribution in [2.45, 2.75) is 25.8 Å². The van der Waals surface area contributed by atoms with Gasteiger partial charge in [0.15, 0.2) is 24.6 Å². The number of ketones is 1. The molecule has 0 N–H and O–H groups in total. The number of halogens is 2. The molecule has 0 aromatic heterocycles. The Morgan fingerprint density at radius 1 is 1.08 bits per heavy atom. The maximum Gasteiger partial charge on any atom is 0.216 e. The molecule has 2 fully saturated rings. The molecule has 39 heavy (non-hydrogen) atoms. The molecular formula is C31H28F2N2O3Si. The summed E-state index contributed by atoms with van der Waals surface area (Å²) in [4.78, 5) is 26.6. The molecule has 6 rings (SSSR count). The summed E-state index contributed by atoms with van der Waals surface area (Å²) in [6.45, 7) is 9.19. The van der Waals surface area contributed by atoms with Gasteiger partial charge in [0.05, 0.1) is 19.1 Å². The second-order valence-corrected chi connectivity index (χ2v) is 14.7. The Bertz CT molecular complexity index is 1590. The minimum absolute atomic E-state index is 0.00467. The standard InChI is InChI=1S/C31H28F2N2O3Si/c1-4-39(3)28-12-22(34-14-20(32)15-34)6-9-25(28)30(27-11-19(18(2)36)5-8-24(27)31(37)38)26-10-7-23(13-29(26)39)35-16-21(33)17-35/h4-13,20-21H,1,14-17H2,2-3H3. The average molecular weight is 543 g/mol. The van der Waals surface area contributed by atoms with Gasteiger partial charge in [-0.15, -0.1) is 6.58 Å². The summed E-state index contributed by atoms with van der Waals surface area (Å²) in [5, 5.41) is 14.4. The summed E-state index contributed by atoms with van der Waals surface area (Å²) in [5.41, 5.74) is 7.04. The van der Waals surface area contributed by atoms with Crippen molar-refractivity contribution in [2.75, 3.05) is 31.1 Å². The zero-order chi connectivity index (χ0) is 27.6. The van der Waals surface area contributed by atoms with E-state index in [0.29, 0.717) is 42.9 Å². The van der Waals surface area contributed by atoms with Crippen LogP contribution >= 0.6 is 0 Å². The van der Waals surface area contributed by atoms with Crippen LogP contribution in [-0.4, -0.2) is 68.6 Å². The van der Waals surface area contributed by atoms with Crippen molar-refractivity contribution in [3.05, 3.63) is 99.9 Å². The highest BCUT2D eigenvalue weighted by Crippen LogP contribution is 2.43. The van der Waals surface area contributed by atoms with Crippen LogP contribution < -0.4 is 15.2 Å². The van der Waals surface area contributed by atoms with Gasteiger partial charge in [0.25, 0.3) is 0 Å². The van der Waals surface area contributed by atoms with Gasteiger partial charge in [-0.1, -0.05) is 30.4 Å². The van der Waals surface area contributed by atoms with Gasteiger partial charge in [-0.3, -0.25) is 4.79 Å². The number of hydrogen-bond donors (Lipinski definition) is 0. The Balaban J connectivity index is 1.66. The molecule has 2 saturated heterocycles. The zero-order valence-corrected chi connectivity index (χ0v) is 22.8. The monoisotopic (exact) mass is 542 g/mol. The molecule has 0 spiro atoms. The summed E-state index contributed by atoms with van der Waals surface area (Å²) in [6.07, 6.45) is 4.28. The number of carboxylic acids is 1. The number of fused-ring (bicyclic) bond motifs is 2. The number of benzene rings is 2. The van der Waals surface area contributed by atoms with E-state index in [2.05, 4.69) is 25.3 Å². The lowest BCUT2D eigenvalue weighted by Crippen LogP contribution is -2.53. The number of carbonyl (C=O) groups is 2. The Morgan fingerprint density at radius 3 is 2.44 bits per heavy atom. The Labute approximate surface area is 226 Å². The van der Waals surface area contributed by atoms with E-state index in [0.717, 1.165) is 32.9 Å². The first kappa shape index (κ1) is 25.4. The van der Waals surface area contributed by atoms with Gasteiger partial charge in [0.2, 0.25) is 6.17 Å². The van der Waals surface area contributed by atoms with Gasteiger partial charge in [-0.2, -0.15) is 0 Å². The molecule has 1 unspecified atom stereocenters. The van der Waals surface area contributed by atoms with Gasteiger partial charge in [-0.05, 0) is 63.9 Å². The molecule has 8 heteroatoms. The van der Waals surface area contributed by atoms with E-state index in [1.807, 2.05) is 39.5 Å². The normalized spacial score (nSPS) is 23.9. The molecule has 2 aromatic rings. The summed E-state index contributed by atoms with van der Waals surface area (Å²) in [6, 6.07) is 10.6. The number of rotatable bonds is 5. The van der Waals surface area contributed by atoms with Crippen LogP contribution in [0.2, 0.25) is 6.55 Å². The summed E-state index contributed by atoms with van der Waals surface area (Å²) >= 11 is 0. The van der Waals surface area contributed by atoms with Crippen LogP contribution in [0.5, 0.6) is 0 Å². The average Bonchev–Trinajstić information content (AvgIpc) is 2.89. The first-order chi connectivity index (χ1) is 18.6. The van der Waals surface area contributed by atoms with Crippen LogP contribution in [0, 0.1) is 0 Å². The number of carboxylic acid groups (broad SMARTS) is 1. The quantitative estimate of drug-likeness (QED) is 0.331. The summed E-state index contributed by atoms with van der Waals surface area (Å²) < 4.78 is 29.4. The number of hydrogen-bond acceptors (Lipinski definition) is 4. The predicted molar refractivity (Wildman–Crippen MR) is 149 cm³/mol. The van der Waals surface area contributed by atoms with Crippen molar-refractivity contribution in [1.29, 1.82) is 0 Å². The Kier molecular flexibility index (Phi) is 5.91. The van der Waals surface area contributed by atoms with E-state index in [1.165, 1.54) is 19.1 Å². The Morgan fingerprint density at radius 2 is 1.82 bits per heavy atom. The largest absolute Gasteiger partial charge is 0.545 e. The molecule has 3 aliphatic heterocycles. The fraction of sp³-hybridized carbons (Fsp3) is 0.258. The maximum absolute atomic E-state index is 13.7. The van der Waals surface area contributed by atoms with Crippen LogP contribution in [0.4, 0.5) is 14.5 Å². The van der Waals surface area contributed by atoms with Crippen LogP contribution in [0.3, 0.4) is 0 Å². The molecule has 0 radical (unpaired) electrons. The van der Waals surface area contributed by atoms with Crippen molar-refractivity contribution >= 4 is 42.0 Å². The molecule has 5 nitrogen and oxygen atoms in total. The lowest BCUT2D eigenvalue weighted by Gasteiger charge is -2.41. The molecule has 0 saturated carbocycles. The zero-order valence-electron chi connectivity index (χ0n) is 21.8. The first-order valence-electron chi connectivity index (χ1n) is 13.1. The number of alkyl halides is 2. The van der Waals surface area contributed by atoms with Crippen molar-refractivity contribution in [2.24, 2.45) is 0 Å². The number of nitrogens with zero attached hydrogens (tertiary/aromatic N) is 2. The SMILES string of the molecule is C=C[Si]1(C)C2=CC(=[N+]3CC(F)C3)C=CC2=C(c2cc(C(C)=O)ccc2C(=O)[O-])c2ccc(N3CC(F)C3)cc21. The lowest BCUT2D eigenvalue weighted by molar-refractivity contribution is -0.599. The molecule has 2 aromatic carbocycles. The fourth-order valence-corrected chi connectivity index (χ4v) is 9.13. The molecule has 198 valence electrons. The van der Waals surface area contributed by atoms with Crippen LogP contribution in [-0.2, 0) is 0 Å². The van der Waals surface area contributed by atoms with Crippen molar-refractivity contribution in [1.82, 2.24) is 0 Å². The van der Waals surface area contributed by atoms with Gasteiger partial charge >= 0.3 is 0 Å². The van der Waals surface area contributed by atoms with E-state index in [9.17, 15) is 23.5 Å². The molecule has 0 bridgehead atoms. The molecule has 4 aliphatic rings. The highest BCUT2D eigenvalue weighted by molar-refractivity contribution is 7.02. The van der Waals surface area contributed by atoms with Crippen LogP contribution in [0.15, 0.2) is 77.7 Å². The highest BCUT2D eigenvalue weighted by Gasteiger charge is 2.44. The van der Waals surface area contributed by atoms with Crippen molar-refractivity contribution < 1.29 is 28.1 Å². The third-order valence-electron chi connectivity index (χ3n) is 8.39. The molecule has 0 amide bonds. The number of aromatic carboxylic acids is 1. The lowest BCUT2D eigenvalue weighted by atomic mass is 9.86. The number of anilines is 1. The third-order valence-corrected chi connectivity index (χ3v) is 12.3. The second-order valence-electron chi connectivity index (χ2n) is 10.8. The van der Waals surface area contributed by atoms with E-state index < -0.39 is 26.4 Å². The minimum atomic E-state index is -2.60. The summed E-state index contributed by atoms with van der Waals surface area (Å²) in [7, 11) is -2.60. The number of Topliss-reactive ketones (excluding diaryl/α,β-unsaturated/α-hetero) is 1. The van der Waals surface area contributed by atoms with Crippen molar-refractivity contribution in [3.8, 4) is 0 Å². The minimum Gasteiger partial charge on any atom is -0.545 e. The molecular weight excluding hydrogens is 514 g/mol. The second kappa shape index (κ2) is 9.09. The highest BCUT2D eigenvalue weighted by atomic mass is 28.3. The van der Waals surface area contributed by atoms with Crippen LogP contribution in [0.25, 0.3) is 5.57 Å². The van der Waals surface area contributed by atoms with E-state index >= 15 is 0 Å². The van der Waals surface area contributed by atoms with Gasteiger partial charge in [0.1, 0.15) is 14.2 Å². The van der Waals surface area contributed by atoms with E-state index in [1.54, 1.807) is 6.07 Å². The van der Waals surface area contributed by atoms with Crippen molar-refractivity contribution in [3.63, 3.8) is 0 Å². The predicted octanol–water partition coefficient (Wildman–Crippen LogP) is 3.08. The molecule has 1 atom stereocenters. The van der Waals surface area contributed by atoms with Gasteiger partial charge < -0.3 is 14.8 Å². The Hall–Kier alpha value is -3.91. The summed E-state index contributed by atoms with van der Waals surface area (Å²) in [5.74, 6) is -1.51. The fourth-order valence-electron chi connectivity index (χ4n) is 5.97. The molecule has 3 heterocycles. The van der Waals surface area contributed by atoms with Crippen LogP contribution in [0.1, 0.15) is 38.8 Å². The topological polar surface area (TPSA) is 63.4 Å². The van der Waals surface area contributed by atoms with E-state index in [4.69, 9.17) is 0 Å². The maximum atomic E-state index is 13.7. The van der Waals surface area contributed by atoms with Gasteiger partial charge in [0, 0.05) is 29.0 Å². The van der Waals surface area contributed by atoms with E-state index in [-0.39, 0.29) is 11.3 Å². The number of allylic oxidation sites excluding steroid dienone is 5. The smallest absolute Gasteiger partial charge is 0.216 e. The molecule has 1 aliphatic carbocycles. The number of carbonyl (C=O) groups excluding carboxylic acids is 2. The van der Waals surface area contributed by atoms with Gasteiger partial charge in [-0.25, -0.2) is 13.4 Å².